The minimum atomic E-state index is -0.765. The van der Waals surface area contributed by atoms with Crippen molar-refractivity contribution in [2.24, 2.45) is 5.92 Å². The van der Waals surface area contributed by atoms with Gasteiger partial charge in [-0.25, -0.2) is 0 Å². The number of methoxy groups -OCH3 is 3. The van der Waals surface area contributed by atoms with Crippen LogP contribution >= 0.6 is 12.4 Å². The molecule has 0 radical (unpaired) electrons. The number of ether oxygens (including phenoxy) is 4. The number of aliphatic hydroxyl groups is 1. The molecule has 0 heterocycles. The number of hydrogen-bond donors (Lipinski definition) is 2. The Kier molecular flexibility index (Phi) is 8.68. The first-order chi connectivity index (χ1) is 14.6. The summed E-state index contributed by atoms with van der Waals surface area (Å²) in [4.78, 5) is 0. The maximum absolute atomic E-state index is 10.8. The van der Waals surface area contributed by atoms with Gasteiger partial charge in [0.05, 0.1) is 21.3 Å². The fourth-order valence-corrected chi connectivity index (χ4v) is 4.39. The largest absolute Gasteiger partial charge is 0.493 e. The van der Waals surface area contributed by atoms with Crippen molar-refractivity contribution in [2.45, 2.75) is 57.7 Å². The Hall–Kier alpha value is -2.15. The van der Waals surface area contributed by atoms with Crippen molar-refractivity contribution in [3.05, 3.63) is 42.0 Å². The molecule has 2 atom stereocenters. The Bertz CT molecular complexity index is 856. The van der Waals surface area contributed by atoms with Crippen molar-refractivity contribution in [3.63, 3.8) is 0 Å². The molecule has 1 aliphatic carbocycles. The second-order valence-electron chi connectivity index (χ2n) is 9.33. The molecule has 1 saturated carbocycles. The lowest BCUT2D eigenvalue weighted by molar-refractivity contribution is -0.0138. The lowest BCUT2D eigenvalue weighted by Crippen LogP contribution is -2.52. The van der Waals surface area contributed by atoms with E-state index < -0.39 is 5.72 Å². The lowest BCUT2D eigenvalue weighted by Gasteiger charge is -2.33. The highest BCUT2D eigenvalue weighted by molar-refractivity contribution is 5.85. The Morgan fingerprint density at radius 3 is 2.06 bits per heavy atom. The highest BCUT2D eigenvalue weighted by Gasteiger charge is 2.39. The number of nitrogens with one attached hydrogen (secondary N) is 1. The third-order valence-electron chi connectivity index (χ3n) is 5.52. The minimum Gasteiger partial charge on any atom is -0.493 e. The number of benzene rings is 2. The summed E-state index contributed by atoms with van der Waals surface area (Å²) in [6.45, 7) is 6.26. The van der Waals surface area contributed by atoms with Gasteiger partial charge in [-0.3, -0.25) is 5.32 Å². The standard InChI is InChI=1S/C25H35NO5.ClH/c1-24(2,3)26-25(27)12-11-18(16-25)13-17-7-9-19(10-8-17)31-20-14-21(28-4)23(30-6)22(15-20)29-5;/h7-10,14-15,18,26-27H,11-13,16H2,1-6H3;1H. The quantitative estimate of drug-likeness (QED) is 0.512. The monoisotopic (exact) mass is 465 g/mol. The van der Waals surface area contributed by atoms with Crippen LogP contribution in [0.15, 0.2) is 36.4 Å². The van der Waals surface area contributed by atoms with E-state index in [1.165, 1.54) is 5.56 Å². The van der Waals surface area contributed by atoms with Crippen molar-refractivity contribution in [1.29, 1.82) is 0 Å². The molecular formula is C25H36ClNO5. The summed E-state index contributed by atoms with van der Waals surface area (Å²) in [5.41, 5.74) is 0.371. The van der Waals surface area contributed by atoms with Crippen molar-refractivity contribution in [2.75, 3.05) is 21.3 Å². The summed E-state index contributed by atoms with van der Waals surface area (Å²) in [5, 5.41) is 14.2. The maximum atomic E-state index is 10.8. The van der Waals surface area contributed by atoms with Crippen LogP contribution in [0.3, 0.4) is 0 Å². The van der Waals surface area contributed by atoms with Gasteiger partial charge in [-0.2, -0.15) is 0 Å². The van der Waals surface area contributed by atoms with E-state index in [1.807, 2.05) is 12.1 Å². The summed E-state index contributed by atoms with van der Waals surface area (Å²) >= 11 is 0. The van der Waals surface area contributed by atoms with Gasteiger partial charge in [0, 0.05) is 17.7 Å². The average molecular weight is 466 g/mol. The molecule has 32 heavy (non-hydrogen) atoms. The zero-order valence-corrected chi connectivity index (χ0v) is 20.7. The molecule has 0 bridgehead atoms. The molecular weight excluding hydrogens is 430 g/mol. The third-order valence-corrected chi connectivity index (χ3v) is 5.52. The van der Waals surface area contributed by atoms with Gasteiger partial charge < -0.3 is 24.1 Å². The minimum absolute atomic E-state index is 0. The van der Waals surface area contributed by atoms with E-state index in [9.17, 15) is 5.11 Å². The van der Waals surface area contributed by atoms with Crippen LogP contribution < -0.4 is 24.3 Å². The fourth-order valence-electron chi connectivity index (χ4n) is 4.39. The summed E-state index contributed by atoms with van der Waals surface area (Å²) in [5.74, 6) is 3.43. The summed E-state index contributed by atoms with van der Waals surface area (Å²) < 4.78 is 22.1. The van der Waals surface area contributed by atoms with E-state index in [4.69, 9.17) is 18.9 Å². The normalized spacial score (nSPS) is 20.4. The predicted octanol–water partition coefficient (Wildman–Crippen LogP) is 5.35. The molecule has 178 valence electrons. The van der Waals surface area contributed by atoms with E-state index in [2.05, 4.69) is 38.2 Å². The van der Waals surface area contributed by atoms with Crippen LogP contribution in [0.1, 0.15) is 45.6 Å². The van der Waals surface area contributed by atoms with E-state index in [-0.39, 0.29) is 17.9 Å². The Morgan fingerprint density at radius 2 is 1.56 bits per heavy atom. The first-order valence-electron chi connectivity index (χ1n) is 10.7. The molecule has 7 heteroatoms. The lowest BCUT2D eigenvalue weighted by atomic mass is 9.96. The Balaban J connectivity index is 0.00000363. The number of hydrogen-bond acceptors (Lipinski definition) is 6. The van der Waals surface area contributed by atoms with Gasteiger partial charge in [-0.05, 0) is 70.1 Å². The molecule has 3 rings (SSSR count). The van der Waals surface area contributed by atoms with Crippen LogP contribution in [0.4, 0.5) is 0 Å². The van der Waals surface area contributed by atoms with Gasteiger partial charge in [0.25, 0.3) is 0 Å². The first kappa shape index (κ1) is 26.1. The van der Waals surface area contributed by atoms with E-state index in [1.54, 1.807) is 33.5 Å². The molecule has 2 aromatic rings. The molecule has 1 aliphatic rings. The van der Waals surface area contributed by atoms with Crippen LogP contribution in [0.5, 0.6) is 28.7 Å². The van der Waals surface area contributed by atoms with Gasteiger partial charge >= 0.3 is 0 Å². The van der Waals surface area contributed by atoms with E-state index in [0.29, 0.717) is 28.9 Å². The van der Waals surface area contributed by atoms with E-state index >= 15 is 0 Å². The predicted molar refractivity (Wildman–Crippen MR) is 129 cm³/mol. The smallest absolute Gasteiger partial charge is 0.203 e. The molecule has 0 spiro atoms. The Labute approximate surface area is 197 Å². The van der Waals surface area contributed by atoms with Crippen molar-refractivity contribution in [3.8, 4) is 28.7 Å². The first-order valence-corrected chi connectivity index (χ1v) is 10.7. The highest BCUT2D eigenvalue weighted by Crippen LogP contribution is 2.42. The third kappa shape index (κ3) is 6.67. The van der Waals surface area contributed by atoms with Crippen LogP contribution in [0, 0.1) is 5.92 Å². The Morgan fingerprint density at radius 1 is 0.969 bits per heavy atom. The number of halogens is 1. The topological polar surface area (TPSA) is 69.2 Å². The van der Waals surface area contributed by atoms with Crippen molar-refractivity contribution < 1.29 is 24.1 Å². The molecule has 0 saturated heterocycles. The zero-order valence-electron chi connectivity index (χ0n) is 19.9. The highest BCUT2D eigenvalue weighted by atomic mass is 35.5. The van der Waals surface area contributed by atoms with Gasteiger partial charge in [-0.15, -0.1) is 12.4 Å². The molecule has 2 aromatic carbocycles. The average Bonchev–Trinajstić information content (AvgIpc) is 3.06. The molecule has 2 N–H and O–H groups in total. The van der Waals surface area contributed by atoms with Gasteiger partial charge in [0.15, 0.2) is 11.5 Å². The van der Waals surface area contributed by atoms with Crippen LogP contribution in [0.25, 0.3) is 0 Å². The fraction of sp³-hybridized carbons (Fsp3) is 0.520. The molecule has 6 nitrogen and oxygen atoms in total. The van der Waals surface area contributed by atoms with Crippen LogP contribution in [0.2, 0.25) is 0 Å². The van der Waals surface area contributed by atoms with Crippen molar-refractivity contribution in [1.82, 2.24) is 5.32 Å². The molecule has 0 aliphatic heterocycles. The zero-order chi connectivity index (χ0) is 22.6. The molecule has 0 aromatic heterocycles. The second-order valence-corrected chi connectivity index (χ2v) is 9.33. The molecule has 1 fully saturated rings. The van der Waals surface area contributed by atoms with E-state index in [0.717, 1.165) is 31.4 Å². The van der Waals surface area contributed by atoms with Crippen LogP contribution in [-0.4, -0.2) is 37.7 Å². The maximum Gasteiger partial charge on any atom is 0.203 e. The summed E-state index contributed by atoms with van der Waals surface area (Å²) in [6.07, 6.45) is 3.52. The van der Waals surface area contributed by atoms with Crippen LogP contribution in [-0.2, 0) is 6.42 Å². The summed E-state index contributed by atoms with van der Waals surface area (Å²) in [6, 6.07) is 11.7. The number of rotatable bonds is 8. The van der Waals surface area contributed by atoms with Gasteiger partial charge in [0.1, 0.15) is 17.2 Å². The van der Waals surface area contributed by atoms with Gasteiger partial charge in [0.2, 0.25) is 5.75 Å². The SMILES string of the molecule is COc1cc(Oc2ccc(CC3CCC(O)(NC(C)(C)C)C3)cc2)cc(OC)c1OC.Cl. The summed E-state index contributed by atoms with van der Waals surface area (Å²) in [7, 11) is 4.73. The van der Waals surface area contributed by atoms with Gasteiger partial charge in [-0.1, -0.05) is 12.1 Å². The molecule has 0 amide bonds. The molecule has 2 unspecified atom stereocenters. The second kappa shape index (κ2) is 10.6. The van der Waals surface area contributed by atoms with Crippen molar-refractivity contribution >= 4 is 12.4 Å².